The fourth-order valence-electron chi connectivity index (χ4n) is 1.62. The molecule has 112 valence electrons. The first-order valence-corrected chi connectivity index (χ1v) is 7.88. The van der Waals surface area contributed by atoms with Crippen LogP contribution in [0.2, 0.25) is 10.0 Å². The Balaban J connectivity index is 2.15. The molecule has 2 aromatic rings. The SMILES string of the molecule is CC(C)(C)NC(=O)Nc1nc(-c2cc(Cl)ccc2Cl)cs1. The lowest BCUT2D eigenvalue weighted by Crippen LogP contribution is -2.43. The number of amides is 2. The van der Waals surface area contributed by atoms with Crippen LogP contribution in [-0.2, 0) is 0 Å². The fourth-order valence-corrected chi connectivity index (χ4v) is 2.71. The third-order valence-electron chi connectivity index (χ3n) is 2.42. The van der Waals surface area contributed by atoms with Crippen LogP contribution in [0.4, 0.5) is 9.93 Å². The highest BCUT2D eigenvalue weighted by Gasteiger charge is 2.15. The van der Waals surface area contributed by atoms with Crippen molar-refractivity contribution in [1.82, 2.24) is 10.3 Å². The second kappa shape index (κ2) is 6.22. The zero-order valence-corrected chi connectivity index (χ0v) is 14.2. The van der Waals surface area contributed by atoms with Gasteiger partial charge in [0.15, 0.2) is 5.13 Å². The first-order chi connectivity index (χ1) is 9.74. The molecule has 0 aliphatic carbocycles. The molecular weight excluding hydrogens is 329 g/mol. The zero-order chi connectivity index (χ0) is 15.6. The molecule has 4 nitrogen and oxygen atoms in total. The van der Waals surface area contributed by atoms with Crippen molar-refractivity contribution < 1.29 is 4.79 Å². The van der Waals surface area contributed by atoms with Gasteiger partial charge in [-0.1, -0.05) is 23.2 Å². The Kier molecular flexibility index (Phi) is 4.76. The summed E-state index contributed by atoms with van der Waals surface area (Å²) in [5.74, 6) is 0. The Morgan fingerprint density at radius 2 is 2.00 bits per heavy atom. The van der Waals surface area contributed by atoms with Crippen LogP contribution >= 0.6 is 34.5 Å². The number of aromatic nitrogens is 1. The molecule has 2 amide bonds. The highest BCUT2D eigenvalue weighted by Crippen LogP contribution is 2.32. The zero-order valence-electron chi connectivity index (χ0n) is 11.8. The van der Waals surface area contributed by atoms with Crippen LogP contribution < -0.4 is 10.6 Å². The number of hydrogen-bond donors (Lipinski definition) is 2. The van der Waals surface area contributed by atoms with Gasteiger partial charge in [0.2, 0.25) is 0 Å². The van der Waals surface area contributed by atoms with Gasteiger partial charge >= 0.3 is 6.03 Å². The lowest BCUT2D eigenvalue weighted by atomic mass is 10.1. The fraction of sp³-hybridized carbons (Fsp3) is 0.286. The van der Waals surface area contributed by atoms with Gasteiger partial charge in [-0.15, -0.1) is 11.3 Å². The Hall–Kier alpha value is -1.30. The Bertz CT molecular complexity index is 664. The maximum Gasteiger partial charge on any atom is 0.321 e. The number of hydrogen-bond acceptors (Lipinski definition) is 3. The predicted molar refractivity (Wildman–Crippen MR) is 89.5 cm³/mol. The maximum absolute atomic E-state index is 11.8. The second-order valence-corrected chi connectivity index (χ2v) is 7.19. The summed E-state index contributed by atoms with van der Waals surface area (Å²) < 4.78 is 0. The molecule has 21 heavy (non-hydrogen) atoms. The minimum absolute atomic E-state index is 0.291. The number of carbonyl (C=O) groups is 1. The maximum atomic E-state index is 11.8. The number of halogens is 2. The van der Waals surface area contributed by atoms with E-state index in [2.05, 4.69) is 15.6 Å². The minimum atomic E-state index is -0.305. The largest absolute Gasteiger partial charge is 0.333 e. The lowest BCUT2D eigenvalue weighted by molar-refractivity contribution is 0.244. The van der Waals surface area contributed by atoms with E-state index in [1.807, 2.05) is 26.2 Å². The van der Waals surface area contributed by atoms with E-state index < -0.39 is 0 Å². The van der Waals surface area contributed by atoms with Crippen LogP contribution in [0.15, 0.2) is 23.6 Å². The molecule has 0 saturated carbocycles. The Morgan fingerprint density at radius 3 is 2.67 bits per heavy atom. The lowest BCUT2D eigenvalue weighted by Gasteiger charge is -2.20. The monoisotopic (exact) mass is 343 g/mol. The Morgan fingerprint density at radius 1 is 1.29 bits per heavy atom. The first-order valence-electron chi connectivity index (χ1n) is 6.25. The van der Waals surface area contributed by atoms with E-state index in [4.69, 9.17) is 23.2 Å². The van der Waals surface area contributed by atoms with Crippen molar-refractivity contribution in [2.24, 2.45) is 0 Å². The third-order valence-corrected chi connectivity index (χ3v) is 3.74. The summed E-state index contributed by atoms with van der Waals surface area (Å²) in [6, 6.07) is 4.90. The number of anilines is 1. The molecule has 2 rings (SSSR count). The number of thiazole rings is 1. The molecule has 0 radical (unpaired) electrons. The van der Waals surface area contributed by atoms with Crippen molar-refractivity contribution in [3.63, 3.8) is 0 Å². The van der Waals surface area contributed by atoms with E-state index in [1.54, 1.807) is 18.2 Å². The second-order valence-electron chi connectivity index (χ2n) is 5.49. The highest BCUT2D eigenvalue weighted by molar-refractivity contribution is 7.14. The van der Waals surface area contributed by atoms with Crippen molar-refractivity contribution in [1.29, 1.82) is 0 Å². The van der Waals surface area contributed by atoms with E-state index in [0.717, 1.165) is 5.56 Å². The summed E-state index contributed by atoms with van der Waals surface area (Å²) in [4.78, 5) is 16.1. The van der Waals surface area contributed by atoms with Crippen LogP contribution in [-0.4, -0.2) is 16.6 Å². The summed E-state index contributed by atoms with van der Waals surface area (Å²) in [6.45, 7) is 5.73. The third kappa shape index (κ3) is 4.59. The van der Waals surface area contributed by atoms with Crippen LogP contribution in [0.1, 0.15) is 20.8 Å². The average molecular weight is 344 g/mol. The molecule has 0 spiro atoms. The van der Waals surface area contributed by atoms with Crippen LogP contribution in [0.25, 0.3) is 11.3 Å². The number of benzene rings is 1. The quantitative estimate of drug-likeness (QED) is 0.802. The van der Waals surface area contributed by atoms with Crippen molar-refractivity contribution in [3.05, 3.63) is 33.6 Å². The Labute approximate surface area is 137 Å². The molecule has 0 aliphatic heterocycles. The van der Waals surface area contributed by atoms with Crippen LogP contribution in [0.5, 0.6) is 0 Å². The van der Waals surface area contributed by atoms with Crippen LogP contribution in [0, 0.1) is 0 Å². The number of nitrogens with one attached hydrogen (secondary N) is 2. The molecule has 7 heteroatoms. The molecule has 2 N–H and O–H groups in total. The van der Waals surface area contributed by atoms with Crippen molar-refractivity contribution in [3.8, 4) is 11.3 Å². The van der Waals surface area contributed by atoms with Gasteiger partial charge in [-0.2, -0.15) is 0 Å². The number of urea groups is 1. The topological polar surface area (TPSA) is 54.0 Å². The average Bonchev–Trinajstić information content (AvgIpc) is 2.78. The number of carbonyl (C=O) groups excluding carboxylic acids is 1. The van der Waals surface area contributed by atoms with Crippen molar-refractivity contribution in [2.75, 3.05) is 5.32 Å². The molecular formula is C14H15Cl2N3OS. The van der Waals surface area contributed by atoms with Gasteiger partial charge in [0.25, 0.3) is 0 Å². The van der Waals surface area contributed by atoms with Gasteiger partial charge < -0.3 is 5.32 Å². The summed E-state index contributed by atoms with van der Waals surface area (Å²) in [7, 11) is 0. The standard InChI is InChI=1S/C14H15Cl2N3OS/c1-14(2,3)19-12(20)18-13-17-11(7-21-13)9-6-8(15)4-5-10(9)16/h4-7H,1-3H3,(H2,17,18,19,20). The van der Waals surface area contributed by atoms with Gasteiger partial charge in [-0.25, -0.2) is 9.78 Å². The normalized spacial score (nSPS) is 11.3. The van der Waals surface area contributed by atoms with Crippen molar-refractivity contribution in [2.45, 2.75) is 26.3 Å². The predicted octanol–water partition coefficient (Wildman–Crippen LogP) is 5.04. The molecule has 1 aromatic carbocycles. The number of nitrogens with zero attached hydrogens (tertiary/aromatic N) is 1. The van der Waals surface area contributed by atoms with Gasteiger partial charge in [0.1, 0.15) is 0 Å². The summed E-state index contributed by atoms with van der Waals surface area (Å²) in [5, 5.41) is 8.99. The van der Waals surface area contributed by atoms with E-state index in [0.29, 0.717) is 20.9 Å². The highest BCUT2D eigenvalue weighted by atomic mass is 35.5. The molecule has 0 bridgehead atoms. The van der Waals surface area contributed by atoms with Gasteiger partial charge in [0, 0.05) is 21.5 Å². The molecule has 0 fully saturated rings. The molecule has 0 unspecified atom stereocenters. The summed E-state index contributed by atoms with van der Waals surface area (Å²) >= 11 is 13.4. The van der Waals surface area contributed by atoms with Crippen molar-refractivity contribution >= 4 is 45.7 Å². The smallest absolute Gasteiger partial charge is 0.321 e. The van der Waals surface area contributed by atoms with Gasteiger partial charge in [-0.3, -0.25) is 5.32 Å². The summed E-state index contributed by atoms with van der Waals surface area (Å²) in [5.41, 5.74) is 1.11. The first kappa shape index (κ1) is 16.1. The molecule has 0 saturated heterocycles. The molecule has 0 atom stereocenters. The van der Waals surface area contributed by atoms with E-state index in [9.17, 15) is 4.79 Å². The summed E-state index contributed by atoms with van der Waals surface area (Å²) in [6.07, 6.45) is 0. The van der Waals surface area contributed by atoms with Crippen LogP contribution in [0.3, 0.4) is 0 Å². The van der Waals surface area contributed by atoms with Gasteiger partial charge in [-0.05, 0) is 39.0 Å². The van der Waals surface area contributed by atoms with Gasteiger partial charge in [0.05, 0.1) is 10.7 Å². The van der Waals surface area contributed by atoms with E-state index in [-0.39, 0.29) is 11.6 Å². The number of rotatable bonds is 2. The molecule has 1 heterocycles. The van der Waals surface area contributed by atoms with E-state index >= 15 is 0 Å². The molecule has 1 aromatic heterocycles. The minimum Gasteiger partial charge on any atom is -0.333 e. The molecule has 0 aliphatic rings. The van der Waals surface area contributed by atoms with E-state index in [1.165, 1.54) is 11.3 Å².